The number of nitrogens with zero attached hydrogens (tertiary/aromatic N) is 3. The molecule has 1 rings (SSSR count). The lowest BCUT2D eigenvalue weighted by atomic mass is 10.4. The van der Waals surface area contributed by atoms with E-state index in [9.17, 15) is 18.9 Å². The van der Waals surface area contributed by atoms with Crippen LogP contribution in [-0.2, 0) is 6.54 Å². The highest BCUT2D eigenvalue weighted by Crippen LogP contribution is 2.15. The molecule has 0 bridgehead atoms. The van der Waals surface area contributed by atoms with Crippen molar-refractivity contribution in [3.63, 3.8) is 0 Å². The maximum absolute atomic E-state index is 11.8. The Labute approximate surface area is 72.1 Å². The average molecular weight is 191 g/mol. The van der Waals surface area contributed by atoms with Gasteiger partial charge in [-0.15, -0.1) is 0 Å². The van der Waals surface area contributed by atoms with Crippen LogP contribution in [0.4, 0.5) is 14.5 Å². The van der Waals surface area contributed by atoms with Crippen molar-refractivity contribution in [1.82, 2.24) is 9.78 Å². The summed E-state index contributed by atoms with van der Waals surface area (Å²) in [4.78, 5) is 9.64. The van der Waals surface area contributed by atoms with E-state index in [0.717, 1.165) is 10.9 Å². The normalized spacial score (nSPS) is 10.8. The number of halogens is 2. The number of rotatable bonds is 3. The molecule has 0 fully saturated rings. The summed E-state index contributed by atoms with van der Waals surface area (Å²) >= 11 is 0. The van der Waals surface area contributed by atoms with Gasteiger partial charge in [0.2, 0.25) is 0 Å². The molecule has 7 heteroatoms. The van der Waals surface area contributed by atoms with Crippen molar-refractivity contribution in [2.75, 3.05) is 0 Å². The van der Waals surface area contributed by atoms with Crippen molar-refractivity contribution in [3.8, 4) is 0 Å². The third-order valence-corrected chi connectivity index (χ3v) is 1.44. The summed E-state index contributed by atoms with van der Waals surface area (Å²) in [7, 11) is 0. The first-order valence-corrected chi connectivity index (χ1v) is 3.47. The Morgan fingerprint density at radius 2 is 2.38 bits per heavy atom. The van der Waals surface area contributed by atoms with Gasteiger partial charge in [0.1, 0.15) is 18.4 Å². The van der Waals surface area contributed by atoms with Crippen molar-refractivity contribution in [2.24, 2.45) is 0 Å². The molecule has 72 valence electrons. The smallest absolute Gasteiger partial charge is 0.260 e. The molecule has 1 aromatic rings. The molecule has 0 aliphatic heterocycles. The lowest BCUT2D eigenvalue weighted by molar-refractivity contribution is -0.385. The lowest BCUT2D eigenvalue weighted by Crippen LogP contribution is -2.06. The molecule has 0 radical (unpaired) electrons. The van der Waals surface area contributed by atoms with E-state index in [2.05, 4.69) is 5.10 Å². The molecule has 0 unspecified atom stereocenters. The van der Waals surface area contributed by atoms with Crippen molar-refractivity contribution in [1.29, 1.82) is 0 Å². The van der Waals surface area contributed by atoms with Crippen molar-refractivity contribution >= 4 is 5.69 Å². The molecular formula is C6H7F2N3O2. The van der Waals surface area contributed by atoms with Gasteiger partial charge in [-0.3, -0.25) is 14.8 Å². The molecule has 5 nitrogen and oxygen atoms in total. The summed E-state index contributed by atoms with van der Waals surface area (Å²) in [6.07, 6.45) is -1.56. The van der Waals surface area contributed by atoms with Crippen LogP contribution in [0.2, 0.25) is 0 Å². The highest BCUT2D eigenvalue weighted by molar-refractivity contribution is 5.30. The second-order valence-corrected chi connectivity index (χ2v) is 2.47. The van der Waals surface area contributed by atoms with E-state index >= 15 is 0 Å². The zero-order valence-corrected chi connectivity index (χ0v) is 6.78. The molecule has 0 aliphatic rings. The van der Waals surface area contributed by atoms with E-state index in [1.807, 2.05) is 0 Å². The van der Waals surface area contributed by atoms with Crippen LogP contribution in [0.25, 0.3) is 0 Å². The molecule has 13 heavy (non-hydrogen) atoms. The second kappa shape index (κ2) is 3.46. The van der Waals surface area contributed by atoms with E-state index in [-0.39, 0.29) is 11.4 Å². The Morgan fingerprint density at radius 1 is 1.77 bits per heavy atom. The Kier molecular flexibility index (Phi) is 2.54. The molecule has 0 saturated heterocycles. The van der Waals surface area contributed by atoms with Crippen molar-refractivity contribution < 1.29 is 13.7 Å². The van der Waals surface area contributed by atoms with E-state index in [4.69, 9.17) is 0 Å². The van der Waals surface area contributed by atoms with Crippen molar-refractivity contribution in [3.05, 3.63) is 22.0 Å². The second-order valence-electron chi connectivity index (χ2n) is 2.47. The zero-order valence-electron chi connectivity index (χ0n) is 6.78. The minimum Gasteiger partial charge on any atom is -0.260 e. The topological polar surface area (TPSA) is 61.0 Å². The van der Waals surface area contributed by atoms with Gasteiger partial charge in [-0.1, -0.05) is 0 Å². The van der Waals surface area contributed by atoms with Gasteiger partial charge in [-0.05, 0) is 6.92 Å². The molecule has 0 aromatic carbocycles. The van der Waals surface area contributed by atoms with Crippen LogP contribution in [-0.4, -0.2) is 21.1 Å². The maximum Gasteiger partial charge on any atom is 0.309 e. The van der Waals surface area contributed by atoms with Crippen LogP contribution in [0.3, 0.4) is 0 Å². The zero-order chi connectivity index (χ0) is 10.0. The summed E-state index contributed by atoms with van der Waals surface area (Å²) < 4.78 is 24.5. The van der Waals surface area contributed by atoms with Gasteiger partial charge in [0, 0.05) is 0 Å². The van der Waals surface area contributed by atoms with Crippen LogP contribution >= 0.6 is 0 Å². The Balaban J connectivity index is 2.89. The highest BCUT2D eigenvalue weighted by Gasteiger charge is 2.16. The van der Waals surface area contributed by atoms with Crippen LogP contribution in [0, 0.1) is 17.0 Å². The van der Waals surface area contributed by atoms with Crippen LogP contribution < -0.4 is 0 Å². The molecule has 0 amide bonds. The molecule has 1 heterocycles. The SMILES string of the molecule is Cc1nn(CC(F)F)cc1[N+](=O)[O-]. The minimum absolute atomic E-state index is 0.144. The summed E-state index contributed by atoms with van der Waals surface area (Å²) in [5.41, 5.74) is -0.0914. The Hall–Kier alpha value is -1.53. The van der Waals surface area contributed by atoms with Crippen molar-refractivity contribution in [2.45, 2.75) is 19.9 Å². The monoisotopic (exact) mass is 191 g/mol. The number of aryl methyl sites for hydroxylation is 1. The number of aromatic nitrogens is 2. The Morgan fingerprint density at radius 3 is 2.77 bits per heavy atom. The third kappa shape index (κ3) is 2.20. The number of alkyl halides is 2. The van der Waals surface area contributed by atoms with Gasteiger partial charge in [0.05, 0.1) is 4.92 Å². The Bertz CT molecular complexity index is 324. The van der Waals surface area contributed by atoms with Crippen LogP contribution in [0.15, 0.2) is 6.20 Å². The molecule has 0 saturated carbocycles. The number of hydrogen-bond donors (Lipinski definition) is 0. The van der Waals surface area contributed by atoms with Gasteiger partial charge in [-0.25, -0.2) is 8.78 Å². The van der Waals surface area contributed by atoms with E-state index in [1.165, 1.54) is 6.92 Å². The number of hydrogen-bond acceptors (Lipinski definition) is 3. The van der Waals surface area contributed by atoms with Crippen LogP contribution in [0.1, 0.15) is 5.69 Å². The molecule has 0 spiro atoms. The quantitative estimate of drug-likeness (QED) is 0.535. The lowest BCUT2D eigenvalue weighted by Gasteiger charge is -1.96. The molecular weight excluding hydrogens is 184 g/mol. The maximum atomic E-state index is 11.8. The first kappa shape index (κ1) is 9.56. The minimum atomic E-state index is -2.56. The fraction of sp³-hybridized carbons (Fsp3) is 0.500. The standard InChI is InChI=1S/C6H7F2N3O2/c1-4-5(11(12)13)2-10(9-4)3-6(7)8/h2,6H,3H2,1H3. The van der Waals surface area contributed by atoms with Crippen LogP contribution in [0.5, 0.6) is 0 Å². The fourth-order valence-electron chi connectivity index (χ4n) is 0.922. The van der Waals surface area contributed by atoms with E-state index < -0.39 is 17.9 Å². The largest absolute Gasteiger partial charge is 0.309 e. The predicted molar refractivity (Wildman–Crippen MR) is 39.6 cm³/mol. The van der Waals surface area contributed by atoms with Gasteiger partial charge >= 0.3 is 5.69 Å². The number of nitro groups is 1. The highest BCUT2D eigenvalue weighted by atomic mass is 19.3. The van der Waals surface area contributed by atoms with E-state index in [1.54, 1.807) is 0 Å². The third-order valence-electron chi connectivity index (χ3n) is 1.44. The predicted octanol–water partition coefficient (Wildman–Crippen LogP) is 1.36. The molecule has 0 aliphatic carbocycles. The van der Waals surface area contributed by atoms with Gasteiger partial charge in [-0.2, -0.15) is 5.10 Å². The van der Waals surface area contributed by atoms with Gasteiger partial charge in [0.15, 0.2) is 0 Å². The summed E-state index contributed by atoms with van der Waals surface area (Å²) in [6.45, 7) is 0.786. The fourth-order valence-corrected chi connectivity index (χ4v) is 0.922. The molecule has 0 N–H and O–H groups in total. The summed E-state index contributed by atoms with van der Waals surface area (Å²) in [6, 6.07) is 0. The summed E-state index contributed by atoms with van der Waals surface area (Å²) in [5, 5.41) is 13.9. The average Bonchev–Trinajstić information content (AvgIpc) is 2.29. The first-order valence-electron chi connectivity index (χ1n) is 3.47. The molecule has 0 atom stereocenters. The molecule has 1 aromatic heterocycles. The van der Waals surface area contributed by atoms with E-state index in [0.29, 0.717) is 0 Å². The van der Waals surface area contributed by atoms with Gasteiger partial charge < -0.3 is 0 Å². The van der Waals surface area contributed by atoms with Gasteiger partial charge in [0.25, 0.3) is 6.43 Å². The first-order chi connectivity index (χ1) is 6.00. The summed E-state index contributed by atoms with van der Waals surface area (Å²) in [5.74, 6) is 0.